The fraction of sp³-hybridized carbons (Fsp3) is 0.800. The summed E-state index contributed by atoms with van der Waals surface area (Å²) in [6.45, 7) is 4.33. The van der Waals surface area contributed by atoms with Crippen molar-refractivity contribution >= 4 is 0 Å². The Bertz CT molecular complexity index is 244. The van der Waals surface area contributed by atoms with Crippen LogP contribution in [0.4, 0.5) is 0 Å². The van der Waals surface area contributed by atoms with Crippen LogP contribution < -0.4 is 5.32 Å². The molecule has 14 heavy (non-hydrogen) atoms. The second kappa shape index (κ2) is 6.54. The molecular formula is C10H20N4. The summed E-state index contributed by atoms with van der Waals surface area (Å²) in [5, 5.41) is 11.3. The van der Waals surface area contributed by atoms with Crippen LogP contribution in [0.2, 0.25) is 0 Å². The van der Waals surface area contributed by atoms with Gasteiger partial charge >= 0.3 is 0 Å². The molecule has 80 valence electrons. The highest BCUT2D eigenvalue weighted by atomic mass is 15.2. The highest BCUT2D eigenvalue weighted by Gasteiger charge is 1.98. The third-order valence-electron chi connectivity index (χ3n) is 2.29. The Labute approximate surface area is 85.7 Å². The molecule has 0 saturated heterocycles. The van der Waals surface area contributed by atoms with E-state index in [0.29, 0.717) is 0 Å². The van der Waals surface area contributed by atoms with Crippen LogP contribution in [0.15, 0.2) is 6.33 Å². The summed E-state index contributed by atoms with van der Waals surface area (Å²) in [5.74, 6) is 1.05. The van der Waals surface area contributed by atoms with Gasteiger partial charge in [-0.05, 0) is 13.0 Å². The topological polar surface area (TPSA) is 42.7 Å². The molecule has 0 fully saturated rings. The highest BCUT2D eigenvalue weighted by Crippen LogP contribution is 1.93. The summed E-state index contributed by atoms with van der Waals surface area (Å²) >= 11 is 0. The summed E-state index contributed by atoms with van der Waals surface area (Å²) in [5.41, 5.74) is 0. The van der Waals surface area contributed by atoms with Crippen molar-refractivity contribution in [1.82, 2.24) is 20.1 Å². The largest absolute Gasteiger partial charge is 0.321 e. The van der Waals surface area contributed by atoms with E-state index < -0.39 is 0 Å². The molecule has 0 unspecified atom stereocenters. The summed E-state index contributed by atoms with van der Waals surface area (Å²) in [4.78, 5) is 0. The lowest BCUT2D eigenvalue weighted by Gasteiger charge is -2.03. The molecule has 0 aliphatic rings. The van der Waals surface area contributed by atoms with E-state index in [2.05, 4.69) is 22.4 Å². The molecule has 0 spiro atoms. The predicted molar refractivity (Wildman–Crippen MR) is 57.1 cm³/mol. The second-order valence-corrected chi connectivity index (χ2v) is 3.57. The maximum absolute atomic E-state index is 4.02. The van der Waals surface area contributed by atoms with Gasteiger partial charge in [-0.15, -0.1) is 10.2 Å². The van der Waals surface area contributed by atoms with Crippen LogP contribution in [0, 0.1) is 0 Å². The van der Waals surface area contributed by atoms with Gasteiger partial charge in [0.05, 0.1) is 0 Å². The van der Waals surface area contributed by atoms with Crippen molar-refractivity contribution in [2.24, 2.45) is 7.05 Å². The van der Waals surface area contributed by atoms with Crippen molar-refractivity contribution in [1.29, 1.82) is 0 Å². The number of nitrogens with zero attached hydrogens (tertiary/aromatic N) is 3. The van der Waals surface area contributed by atoms with Crippen LogP contribution >= 0.6 is 0 Å². The predicted octanol–water partition coefficient (Wildman–Crippen LogP) is 1.14. The molecular weight excluding hydrogens is 176 g/mol. The monoisotopic (exact) mass is 196 g/mol. The molecule has 0 bridgehead atoms. The summed E-state index contributed by atoms with van der Waals surface area (Å²) < 4.78 is 1.97. The highest BCUT2D eigenvalue weighted by molar-refractivity contribution is 4.84. The lowest BCUT2D eigenvalue weighted by atomic mass is 10.2. The normalized spacial score (nSPS) is 10.7. The van der Waals surface area contributed by atoms with Crippen molar-refractivity contribution in [3.8, 4) is 0 Å². The van der Waals surface area contributed by atoms with Gasteiger partial charge in [-0.3, -0.25) is 0 Å². The van der Waals surface area contributed by atoms with E-state index in [1.165, 1.54) is 19.3 Å². The average molecular weight is 196 g/mol. The van der Waals surface area contributed by atoms with Crippen molar-refractivity contribution < 1.29 is 0 Å². The third kappa shape index (κ3) is 3.87. The standard InChI is InChI=1S/C10H20N4/c1-3-4-5-7-11-8-6-10-13-12-9-14(10)2/h9,11H,3-8H2,1-2H3. The number of hydrogen-bond acceptors (Lipinski definition) is 3. The van der Waals surface area contributed by atoms with Crippen LogP contribution in [0.1, 0.15) is 32.0 Å². The van der Waals surface area contributed by atoms with Gasteiger partial charge in [-0.2, -0.15) is 0 Å². The fourth-order valence-electron chi connectivity index (χ4n) is 1.36. The van der Waals surface area contributed by atoms with Gasteiger partial charge < -0.3 is 9.88 Å². The van der Waals surface area contributed by atoms with Gasteiger partial charge in [-0.1, -0.05) is 19.8 Å². The Morgan fingerprint density at radius 3 is 2.86 bits per heavy atom. The van der Waals surface area contributed by atoms with Gasteiger partial charge in [0.2, 0.25) is 0 Å². The van der Waals surface area contributed by atoms with E-state index in [9.17, 15) is 0 Å². The molecule has 0 saturated carbocycles. The minimum Gasteiger partial charge on any atom is -0.321 e. The Balaban J connectivity index is 2.02. The van der Waals surface area contributed by atoms with E-state index in [4.69, 9.17) is 0 Å². The number of unbranched alkanes of at least 4 members (excludes halogenated alkanes) is 2. The molecule has 1 heterocycles. The number of hydrogen-bond donors (Lipinski definition) is 1. The first-order valence-corrected chi connectivity index (χ1v) is 5.38. The maximum atomic E-state index is 4.02. The molecule has 0 aliphatic heterocycles. The molecule has 4 heteroatoms. The smallest absolute Gasteiger partial charge is 0.133 e. The second-order valence-electron chi connectivity index (χ2n) is 3.57. The first-order valence-electron chi connectivity index (χ1n) is 5.38. The zero-order valence-corrected chi connectivity index (χ0v) is 9.16. The van der Waals surface area contributed by atoms with E-state index in [0.717, 1.165) is 25.3 Å². The number of nitrogens with one attached hydrogen (secondary N) is 1. The van der Waals surface area contributed by atoms with Crippen LogP contribution in [-0.4, -0.2) is 27.9 Å². The van der Waals surface area contributed by atoms with E-state index >= 15 is 0 Å². The number of aryl methyl sites for hydroxylation is 1. The third-order valence-corrected chi connectivity index (χ3v) is 2.29. The number of rotatable bonds is 7. The Hall–Kier alpha value is -0.900. The van der Waals surface area contributed by atoms with E-state index in [1.807, 2.05) is 11.6 Å². The molecule has 1 N–H and O–H groups in total. The van der Waals surface area contributed by atoms with Crippen LogP contribution in [-0.2, 0) is 13.5 Å². The first-order chi connectivity index (χ1) is 6.84. The molecule has 1 aromatic heterocycles. The van der Waals surface area contributed by atoms with Gasteiger partial charge in [-0.25, -0.2) is 0 Å². The zero-order chi connectivity index (χ0) is 10.2. The molecule has 1 aromatic rings. The molecule has 4 nitrogen and oxygen atoms in total. The average Bonchev–Trinajstić information content (AvgIpc) is 2.58. The van der Waals surface area contributed by atoms with Crippen molar-refractivity contribution in [3.63, 3.8) is 0 Å². The fourth-order valence-corrected chi connectivity index (χ4v) is 1.36. The summed E-state index contributed by atoms with van der Waals surface area (Å²) in [6.07, 6.45) is 6.58. The maximum Gasteiger partial charge on any atom is 0.133 e. The van der Waals surface area contributed by atoms with Gasteiger partial charge in [0.15, 0.2) is 0 Å². The van der Waals surface area contributed by atoms with E-state index in [-0.39, 0.29) is 0 Å². The van der Waals surface area contributed by atoms with Crippen LogP contribution in [0.3, 0.4) is 0 Å². The quantitative estimate of drug-likeness (QED) is 0.665. The lowest BCUT2D eigenvalue weighted by Crippen LogP contribution is -2.19. The van der Waals surface area contributed by atoms with Crippen molar-refractivity contribution in [2.75, 3.05) is 13.1 Å². The molecule has 0 amide bonds. The minimum atomic E-state index is 0.961. The van der Waals surface area contributed by atoms with Crippen LogP contribution in [0.5, 0.6) is 0 Å². The molecule has 0 radical (unpaired) electrons. The minimum absolute atomic E-state index is 0.961. The summed E-state index contributed by atoms with van der Waals surface area (Å²) in [6, 6.07) is 0. The van der Waals surface area contributed by atoms with Gasteiger partial charge in [0.25, 0.3) is 0 Å². The summed E-state index contributed by atoms with van der Waals surface area (Å²) in [7, 11) is 1.98. The van der Waals surface area contributed by atoms with Gasteiger partial charge in [0, 0.05) is 20.0 Å². The number of aromatic nitrogens is 3. The van der Waals surface area contributed by atoms with Crippen molar-refractivity contribution in [3.05, 3.63) is 12.2 Å². The van der Waals surface area contributed by atoms with Crippen molar-refractivity contribution in [2.45, 2.75) is 32.6 Å². The Kier molecular flexibility index (Phi) is 5.22. The first kappa shape index (κ1) is 11.2. The van der Waals surface area contributed by atoms with Gasteiger partial charge in [0.1, 0.15) is 12.2 Å². The molecule has 0 aliphatic carbocycles. The Morgan fingerprint density at radius 1 is 1.36 bits per heavy atom. The molecule has 1 rings (SSSR count). The zero-order valence-electron chi connectivity index (χ0n) is 9.16. The Morgan fingerprint density at radius 2 is 2.21 bits per heavy atom. The van der Waals surface area contributed by atoms with E-state index in [1.54, 1.807) is 6.33 Å². The SMILES string of the molecule is CCCCCNCCc1nncn1C. The van der Waals surface area contributed by atoms with Crippen LogP contribution in [0.25, 0.3) is 0 Å². The molecule has 0 aromatic carbocycles. The lowest BCUT2D eigenvalue weighted by molar-refractivity contribution is 0.604. The molecule has 0 atom stereocenters.